The minimum atomic E-state index is -0.359. The molecule has 0 spiro atoms. The molecule has 1 fully saturated rings. The maximum Gasteiger partial charge on any atom is 0.239 e. The maximum atomic E-state index is 13.5. The first-order valence-corrected chi connectivity index (χ1v) is 8.38. The highest BCUT2D eigenvalue weighted by molar-refractivity contribution is 8.15. The molecule has 1 atom stereocenters. The monoisotopic (exact) mass is 341 g/mol. The topological polar surface area (TPSA) is 53.8 Å². The van der Waals surface area contributed by atoms with Crippen molar-refractivity contribution in [2.75, 3.05) is 0 Å². The lowest BCUT2D eigenvalue weighted by Crippen LogP contribution is -2.25. The minimum absolute atomic E-state index is 0.0821. The van der Waals surface area contributed by atoms with Crippen molar-refractivity contribution in [3.8, 4) is 0 Å². The van der Waals surface area contributed by atoms with Crippen LogP contribution in [0.1, 0.15) is 16.7 Å². The van der Waals surface area contributed by atoms with Gasteiger partial charge in [0.1, 0.15) is 5.82 Å². The van der Waals surface area contributed by atoms with Crippen LogP contribution in [-0.2, 0) is 11.2 Å². The molecule has 1 aliphatic heterocycles. The highest BCUT2D eigenvalue weighted by atomic mass is 32.2. The van der Waals surface area contributed by atoms with Crippen LogP contribution in [0.25, 0.3) is 0 Å². The number of amides is 1. The minimum Gasteiger partial charge on any atom is -0.303 e. The molecule has 1 saturated heterocycles. The average molecular weight is 341 g/mol. The largest absolute Gasteiger partial charge is 0.303 e. The molecule has 6 heteroatoms. The Kier molecular flexibility index (Phi) is 5.05. The summed E-state index contributed by atoms with van der Waals surface area (Å²) in [6.45, 7) is 2.02. The second-order valence-corrected chi connectivity index (χ2v) is 6.65. The van der Waals surface area contributed by atoms with E-state index in [-0.39, 0.29) is 17.0 Å². The van der Waals surface area contributed by atoms with E-state index in [9.17, 15) is 9.18 Å². The van der Waals surface area contributed by atoms with Gasteiger partial charge in [0.25, 0.3) is 0 Å². The number of rotatable bonds is 4. The third-order valence-electron chi connectivity index (χ3n) is 3.53. The number of hydrogen-bond acceptors (Lipinski definition) is 4. The SMILES string of the molecule is Cc1cccc(C[C@@H]2S/C(=N/N=Cc3ccccc3F)NC2=O)c1. The summed E-state index contributed by atoms with van der Waals surface area (Å²) in [4.78, 5) is 12.0. The Morgan fingerprint density at radius 3 is 2.88 bits per heavy atom. The lowest BCUT2D eigenvalue weighted by atomic mass is 10.1. The standard InChI is InChI=1S/C18H16FN3OS/c1-12-5-4-6-13(9-12)10-16-17(23)21-18(24-16)22-20-11-14-7-2-3-8-15(14)19/h2-9,11,16H,10H2,1H3,(H,21,22,23)/t16-/m0/s1. The van der Waals surface area contributed by atoms with Gasteiger partial charge in [-0.05, 0) is 25.0 Å². The van der Waals surface area contributed by atoms with Crippen LogP contribution in [0.4, 0.5) is 4.39 Å². The summed E-state index contributed by atoms with van der Waals surface area (Å²) in [6.07, 6.45) is 1.97. The van der Waals surface area contributed by atoms with Crippen LogP contribution in [0.3, 0.4) is 0 Å². The molecule has 1 aliphatic rings. The Morgan fingerprint density at radius 1 is 1.25 bits per heavy atom. The summed E-state index contributed by atoms with van der Waals surface area (Å²) < 4.78 is 13.5. The second kappa shape index (κ2) is 7.40. The number of hydrogen-bond donors (Lipinski definition) is 1. The van der Waals surface area contributed by atoms with Crippen molar-refractivity contribution in [3.05, 3.63) is 71.0 Å². The Hall–Kier alpha value is -2.47. The van der Waals surface area contributed by atoms with E-state index in [0.717, 1.165) is 5.56 Å². The van der Waals surface area contributed by atoms with Gasteiger partial charge >= 0.3 is 0 Å². The number of halogens is 1. The van der Waals surface area contributed by atoms with Crippen LogP contribution in [0.15, 0.2) is 58.7 Å². The average Bonchev–Trinajstić information content (AvgIpc) is 2.89. The number of nitrogens with one attached hydrogen (secondary N) is 1. The van der Waals surface area contributed by atoms with Crippen molar-refractivity contribution in [2.24, 2.45) is 10.2 Å². The first-order valence-electron chi connectivity index (χ1n) is 7.50. The lowest BCUT2D eigenvalue weighted by molar-refractivity contribution is -0.118. The molecule has 0 aliphatic carbocycles. The smallest absolute Gasteiger partial charge is 0.239 e. The molecule has 2 aromatic carbocycles. The van der Waals surface area contributed by atoms with Gasteiger partial charge in [-0.25, -0.2) is 4.39 Å². The quantitative estimate of drug-likeness (QED) is 0.685. The zero-order valence-electron chi connectivity index (χ0n) is 13.1. The Morgan fingerprint density at radius 2 is 2.08 bits per heavy atom. The molecule has 0 radical (unpaired) electrons. The number of thioether (sulfide) groups is 1. The Bertz CT molecular complexity index is 819. The van der Waals surface area contributed by atoms with Crippen LogP contribution in [0.5, 0.6) is 0 Å². The van der Waals surface area contributed by atoms with Crippen LogP contribution in [0, 0.1) is 12.7 Å². The molecule has 24 heavy (non-hydrogen) atoms. The molecule has 1 N–H and O–H groups in total. The van der Waals surface area contributed by atoms with Gasteiger partial charge in [0.2, 0.25) is 5.91 Å². The molecule has 0 saturated carbocycles. The fourth-order valence-corrected chi connectivity index (χ4v) is 3.33. The van der Waals surface area contributed by atoms with Crippen LogP contribution >= 0.6 is 11.8 Å². The fraction of sp³-hybridized carbons (Fsp3) is 0.167. The van der Waals surface area contributed by atoms with Crippen molar-refractivity contribution >= 4 is 29.1 Å². The summed E-state index contributed by atoms with van der Waals surface area (Å²) in [7, 11) is 0. The van der Waals surface area contributed by atoms with Crippen LogP contribution in [0.2, 0.25) is 0 Å². The number of amidine groups is 1. The van der Waals surface area contributed by atoms with Gasteiger partial charge in [0.05, 0.1) is 11.5 Å². The predicted octanol–water partition coefficient (Wildman–Crippen LogP) is 3.30. The third-order valence-corrected chi connectivity index (χ3v) is 4.60. The summed E-state index contributed by atoms with van der Waals surface area (Å²) in [5, 5.41) is 10.7. The van der Waals surface area contributed by atoms with E-state index in [2.05, 4.69) is 21.6 Å². The molecular weight excluding hydrogens is 325 g/mol. The van der Waals surface area contributed by atoms with Crippen molar-refractivity contribution in [3.63, 3.8) is 0 Å². The number of carbonyl (C=O) groups is 1. The molecule has 4 nitrogen and oxygen atoms in total. The summed E-state index contributed by atoms with van der Waals surface area (Å²) in [5.41, 5.74) is 2.63. The molecule has 0 bridgehead atoms. The first-order chi connectivity index (χ1) is 11.6. The van der Waals surface area contributed by atoms with Gasteiger partial charge in [0.15, 0.2) is 5.17 Å². The molecule has 2 aromatic rings. The van der Waals surface area contributed by atoms with Gasteiger partial charge in [-0.3, -0.25) is 4.79 Å². The third kappa shape index (κ3) is 4.08. The predicted molar refractivity (Wildman–Crippen MR) is 95.8 cm³/mol. The van der Waals surface area contributed by atoms with Gasteiger partial charge in [-0.1, -0.05) is 59.8 Å². The number of carbonyl (C=O) groups excluding carboxylic acids is 1. The van der Waals surface area contributed by atoms with E-state index in [1.165, 1.54) is 29.6 Å². The zero-order chi connectivity index (χ0) is 16.9. The molecule has 122 valence electrons. The van der Waals surface area contributed by atoms with Gasteiger partial charge in [-0.15, -0.1) is 5.10 Å². The fourth-order valence-electron chi connectivity index (χ4n) is 2.36. The van der Waals surface area contributed by atoms with Crippen LogP contribution < -0.4 is 5.32 Å². The summed E-state index contributed by atoms with van der Waals surface area (Å²) >= 11 is 1.34. The van der Waals surface area contributed by atoms with Crippen molar-refractivity contribution in [1.82, 2.24) is 5.32 Å². The zero-order valence-corrected chi connectivity index (χ0v) is 13.9. The molecule has 1 amide bonds. The van der Waals surface area contributed by atoms with E-state index >= 15 is 0 Å². The van der Waals surface area contributed by atoms with E-state index < -0.39 is 0 Å². The summed E-state index contributed by atoms with van der Waals surface area (Å²) in [5.74, 6) is -0.441. The molecule has 0 aromatic heterocycles. The number of benzene rings is 2. The van der Waals surface area contributed by atoms with E-state index in [1.54, 1.807) is 18.2 Å². The normalized spacial score (nSPS) is 19.2. The van der Waals surface area contributed by atoms with Crippen molar-refractivity contribution < 1.29 is 9.18 Å². The van der Waals surface area contributed by atoms with E-state index in [1.807, 2.05) is 25.1 Å². The highest BCUT2D eigenvalue weighted by Crippen LogP contribution is 2.23. The van der Waals surface area contributed by atoms with Crippen molar-refractivity contribution in [1.29, 1.82) is 0 Å². The van der Waals surface area contributed by atoms with E-state index in [4.69, 9.17) is 0 Å². The first kappa shape index (κ1) is 16.4. The second-order valence-electron chi connectivity index (χ2n) is 5.46. The Balaban J connectivity index is 1.65. The number of aryl methyl sites for hydroxylation is 1. The van der Waals surface area contributed by atoms with Gasteiger partial charge in [0, 0.05) is 5.56 Å². The van der Waals surface area contributed by atoms with Gasteiger partial charge < -0.3 is 5.32 Å². The highest BCUT2D eigenvalue weighted by Gasteiger charge is 2.30. The lowest BCUT2D eigenvalue weighted by Gasteiger charge is -2.05. The Labute approximate surface area is 143 Å². The van der Waals surface area contributed by atoms with Gasteiger partial charge in [-0.2, -0.15) is 5.10 Å². The van der Waals surface area contributed by atoms with Crippen LogP contribution in [-0.4, -0.2) is 22.5 Å². The summed E-state index contributed by atoms with van der Waals surface area (Å²) in [6, 6.07) is 14.4. The molecule has 1 heterocycles. The molecule has 0 unspecified atom stereocenters. The molecular formula is C18H16FN3OS. The number of nitrogens with zero attached hydrogens (tertiary/aromatic N) is 2. The molecule has 3 rings (SSSR count). The maximum absolute atomic E-state index is 13.5. The van der Waals surface area contributed by atoms with E-state index in [0.29, 0.717) is 17.2 Å². The van der Waals surface area contributed by atoms with Crippen molar-refractivity contribution in [2.45, 2.75) is 18.6 Å².